The number of rotatable bonds is 4. The summed E-state index contributed by atoms with van der Waals surface area (Å²) in [7, 11) is 0. The molecule has 0 aromatic carbocycles. The molecule has 0 radical (unpaired) electrons. The van der Waals surface area contributed by atoms with Crippen molar-refractivity contribution < 1.29 is 9.59 Å². The number of likely N-dealkylation sites (tertiary alicyclic amines) is 1. The Bertz CT molecular complexity index is 529. The smallest absolute Gasteiger partial charge is 0.293 e. The van der Waals surface area contributed by atoms with Crippen LogP contribution in [0.3, 0.4) is 0 Å². The molecule has 1 aliphatic heterocycles. The number of nitrogens with zero attached hydrogens (tertiary/aromatic N) is 3. The third-order valence-electron chi connectivity index (χ3n) is 4.20. The third-order valence-corrected chi connectivity index (χ3v) is 4.20. The zero-order valence-corrected chi connectivity index (χ0v) is 12.3. The summed E-state index contributed by atoms with van der Waals surface area (Å²) in [4.78, 5) is 29.4. The molecule has 1 aliphatic carbocycles. The Morgan fingerprint density at radius 1 is 1.29 bits per heavy atom. The Kier molecular flexibility index (Phi) is 3.90. The lowest BCUT2D eigenvalue weighted by molar-refractivity contribution is -0.119. The summed E-state index contributed by atoms with van der Waals surface area (Å²) in [5.41, 5.74) is 0. The maximum Gasteiger partial charge on any atom is 0.293 e. The van der Waals surface area contributed by atoms with Gasteiger partial charge in [0.1, 0.15) is 5.82 Å². The average molecular weight is 291 g/mol. The molecule has 1 saturated heterocycles. The van der Waals surface area contributed by atoms with E-state index in [0.29, 0.717) is 31.5 Å². The largest absolute Gasteiger partial charge is 0.356 e. The molecule has 7 nitrogen and oxygen atoms in total. The predicted molar refractivity (Wildman–Crippen MR) is 75.7 cm³/mol. The van der Waals surface area contributed by atoms with Crippen LogP contribution >= 0.6 is 0 Å². The Morgan fingerprint density at radius 3 is 2.62 bits per heavy atom. The van der Waals surface area contributed by atoms with Crippen molar-refractivity contribution in [1.82, 2.24) is 25.4 Å². The van der Waals surface area contributed by atoms with E-state index in [2.05, 4.69) is 20.5 Å². The number of carbonyl (C=O) groups is 2. The SMILES string of the molecule is CC(=O)NCC1CCN(C(=O)c2n[nH]c(C3CC3)n2)CC1. The highest BCUT2D eigenvalue weighted by Crippen LogP contribution is 2.37. The van der Waals surface area contributed by atoms with Crippen molar-refractivity contribution in [3.05, 3.63) is 11.6 Å². The van der Waals surface area contributed by atoms with Gasteiger partial charge in [0.2, 0.25) is 11.7 Å². The summed E-state index contributed by atoms with van der Waals surface area (Å²) in [5, 5.41) is 9.76. The summed E-state index contributed by atoms with van der Waals surface area (Å²) in [5.74, 6) is 1.98. The minimum Gasteiger partial charge on any atom is -0.356 e. The normalized spacial score (nSPS) is 19.6. The van der Waals surface area contributed by atoms with E-state index in [0.717, 1.165) is 31.5 Å². The number of aromatic amines is 1. The summed E-state index contributed by atoms with van der Waals surface area (Å²) in [6, 6.07) is 0. The van der Waals surface area contributed by atoms with Crippen molar-refractivity contribution in [2.24, 2.45) is 5.92 Å². The Morgan fingerprint density at radius 2 is 2.00 bits per heavy atom. The van der Waals surface area contributed by atoms with Crippen LogP contribution in [0.4, 0.5) is 0 Å². The molecule has 2 heterocycles. The van der Waals surface area contributed by atoms with E-state index in [1.54, 1.807) is 0 Å². The lowest BCUT2D eigenvalue weighted by Crippen LogP contribution is -2.41. The van der Waals surface area contributed by atoms with Gasteiger partial charge >= 0.3 is 0 Å². The molecular weight excluding hydrogens is 270 g/mol. The highest BCUT2D eigenvalue weighted by molar-refractivity contribution is 5.90. The van der Waals surface area contributed by atoms with E-state index < -0.39 is 0 Å². The molecule has 114 valence electrons. The maximum atomic E-state index is 12.3. The molecular formula is C14H21N5O2. The number of hydrogen-bond donors (Lipinski definition) is 2. The van der Waals surface area contributed by atoms with Crippen molar-refractivity contribution in [1.29, 1.82) is 0 Å². The zero-order chi connectivity index (χ0) is 14.8. The van der Waals surface area contributed by atoms with Crippen LogP contribution in [-0.2, 0) is 4.79 Å². The Balaban J connectivity index is 1.51. The topological polar surface area (TPSA) is 91.0 Å². The summed E-state index contributed by atoms with van der Waals surface area (Å²) >= 11 is 0. The van der Waals surface area contributed by atoms with Crippen LogP contribution in [0.25, 0.3) is 0 Å². The molecule has 2 aliphatic rings. The molecule has 1 aromatic heterocycles. The lowest BCUT2D eigenvalue weighted by Gasteiger charge is -2.31. The quantitative estimate of drug-likeness (QED) is 0.853. The van der Waals surface area contributed by atoms with E-state index in [4.69, 9.17) is 0 Å². The number of H-pyrrole nitrogens is 1. The van der Waals surface area contributed by atoms with Gasteiger partial charge in [-0.15, -0.1) is 5.10 Å². The molecule has 7 heteroatoms. The highest BCUT2D eigenvalue weighted by Gasteiger charge is 2.30. The van der Waals surface area contributed by atoms with E-state index in [1.165, 1.54) is 6.92 Å². The van der Waals surface area contributed by atoms with Crippen molar-refractivity contribution >= 4 is 11.8 Å². The van der Waals surface area contributed by atoms with Crippen molar-refractivity contribution in [2.45, 2.75) is 38.5 Å². The fourth-order valence-electron chi connectivity index (χ4n) is 2.68. The second-order valence-electron chi connectivity index (χ2n) is 5.99. The van der Waals surface area contributed by atoms with E-state index in [-0.39, 0.29) is 17.6 Å². The zero-order valence-electron chi connectivity index (χ0n) is 12.3. The van der Waals surface area contributed by atoms with Crippen LogP contribution in [-0.4, -0.2) is 51.5 Å². The summed E-state index contributed by atoms with van der Waals surface area (Å²) in [6.45, 7) is 3.63. The fourth-order valence-corrected chi connectivity index (χ4v) is 2.68. The molecule has 0 spiro atoms. The molecule has 0 bridgehead atoms. The van der Waals surface area contributed by atoms with E-state index in [1.807, 2.05) is 4.90 Å². The number of nitrogens with one attached hydrogen (secondary N) is 2. The van der Waals surface area contributed by atoms with Crippen molar-refractivity contribution in [3.8, 4) is 0 Å². The predicted octanol–water partition coefficient (Wildman–Crippen LogP) is 0.670. The van der Waals surface area contributed by atoms with Crippen molar-refractivity contribution in [2.75, 3.05) is 19.6 Å². The monoisotopic (exact) mass is 291 g/mol. The number of aromatic nitrogens is 3. The molecule has 0 unspecified atom stereocenters. The second-order valence-corrected chi connectivity index (χ2v) is 5.99. The van der Waals surface area contributed by atoms with Crippen LogP contribution in [0.1, 0.15) is 55.0 Å². The number of hydrogen-bond acceptors (Lipinski definition) is 4. The first-order chi connectivity index (χ1) is 10.1. The van der Waals surface area contributed by atoms with E-state index >= 15 is 0 Å². The average Bonchev–Trinajstić information content (AvgIpc) is 3.22. The minimum absolute atomic E-state index is 0.00170. The molecule has 21 heavy (non-hydrogen) atoms. The lowest BCUT2D eigenvalue weighted by atomic mass is 9.96. The van der Waals surface area contributed by atoms with Gasteiger partial charge in [0.05, 0.1) is 0 Å². The maximum absolute atomic E-state index is 12.3. The summed E-state index contributed by atoms with van der Waals surface area (Å²) < 4.78 is 0. The molecule has 0 atom stereocenters. The number of carbonyl (C=O) groups excluding carboxylic acids is 2. The van der Waals surface area contributed by atoms with Crippen LogP contribution in [0.15, 0.2) is 0 Å². The fraction of sp³-hybridized carbons (Fsp3) is 0.714. The first-order valence-electron chi connectivity index (χ1n) is 7.59. The van der Waals surface area contributed by atoms with Gasteiger partial charge in [-0.3, -0.25) is 14.7 Å². The van der Waals surface area contributed by atoms with Gasteiger partial charge in [0.25, 0.3) is 5.91 Å². The summed E-state index contributed by atoms with van der Waals surface area (Å²) in [6.07, 6.45) is 4.09. The highest BCUT2D eigenvalue weighted by atomic mass is 16.2. The molecule has 1 saturated carbocycles. The minimum atomic E-state index is -0.0869. The van der Waals surface area contributed by atoms with E-state index in [9.17, 15) is 9.59 Å². The van der Waals surface area contributed by atoms with Crippen LogP contribution in [0.2, 0.25) is 0 Å². The molecule has 1 aromatic rings. The van der Waals surface area contributed by atoms with Gasteiger partial charge < -0.3 is 10.2 Å². The molecule has 2 amide bonds. The molecule has 2 N–H and O–H groups in total. The van der Waals surface area contributed by atoms with Gasteiger partial charge in [-0.2, -0.15) is 0 Å². The molecule has 2 fully saturated rings. The van der Waals surface area contributed by atoms with Crippen LogP contribution in [0.5, 0.6) is 0 Å². The van der Waals surface area contributed by atoms with Crippen molar-refractivity contribution in [3.63, 3.8) is 0 Å². The standard InChI is InChI=1S/C14H21N5O2/c1-9(20)15-8-10-4-6-19(7-5-10)14(21)13-16-12(17-18-13)11-2-3-11/h10-11H,2-8H2,1H3,(H,15,20)(H,16,17,18). The third kappa shape index (κ3) is 3.40. The van der Waals surface area contributed by atoms with Crippen LogP contribution < -0.4 is 5.32 Å². The second kappa shape index (κ2) is 5.83. The number of amides is 2. The van der Waals surface area contributed by atoms with Gasteiger partial charge in [-0.05, 0) is 31.6 Å². The van der Waals surface area contributed by atoms with Gasteiger partial charge in [-0.25, -0.2) is 4.98 Å². The Labute approximate surface area is 123 Å². The molecule has 3 rings (SSSR count). The van der Waals surface area contributed by atoms with Crippen LogP contribution in [0, 0.1) is 5.92 Å². The Hall–Kier alpha value is -1.92. The first-order valence-corrected chi connectivity index (χ1v) is 7.59. The van der Waals surface area contributed by atoms with Gasteiger partial charge in [-0.1, -0.05) is 0 Å². The van der Waals surface area contributed by atoms with Gasteiger partial charge in [0, 0.05) is 32.5 Å². The van der Waals surface area contributed by atoms with Gasteiger partial charge in [0.15, 0.2) is 0 Å². The first kappa shape index (κ1) is 14.0. The number of piperidine rings is 1.